The maximum absolute atomic E-state index is 5.38. The van der Waals surface area contributed by atoms with E-state index in [4.69, 9.17) is 5.73 Å². The smallest absolute Gasteiger partial charge is 0.153 e. The van der Waals surface area contributed by atoms with Crippen molar-refractivity contribution < 1.29 is 0 Å². The van der Waals surface area contributed by atoms with Gasteiger partial charge in [-0.2, -0.15) is 5.10 Å². The Bertz CT molecular complexity index is 229. The van der Waals surface area contributed by atoms with E-state index < -0.39 is 0 Å². The molecule has 0 atom stereocenters. The fourth-order valence-electron chi connectivity index (χ4n) is 0.950. The van der Waals surface area contributed by atoms with Crippen LogP contribution in [0.1, 0.15) is 37.8 Å². The van der Waals surface area contributed by atoms with E-state index in [-0.39, 0.29) is 0 Å². The van der Waals surface area contributed by atoms with E-state index in [9.17, 15) is 0 Å². The third-order valence-corrected chi connectivity index (χ3v) is 1.68. The van der Waals surface area contributed by atoms with Crippen LogP contribution in [0.2, 0.25) is 0 Å². The quantitative estimate of drug-likeness (QED) is 0.699. The highest BCUT2D eigenvalue weighted by molar-refractivity contribution is 4.94. The lowest BCUT2D eigenvalue weighted by molar-refractivity contribution is 0.774. The lowest BCUT2D eigenvalue weighted by atomic mass is 10.2. The molecule has 1 aromatic heterocycles. The Kier molecular flexibility index (Phi) is 3.22. The molecule has 1 heterocycles. The predicted octanol–water partition coefficient (Wildman–Crippen LogP) is 0.819. The highest BCUT2D eigenvalue weighted by Crippen LogP contribution is 2.07. The zero-order valence-electron chi connectivity index (χ0n) is 7.67. The summed E-state index contributed by atoms with van der Waals surface area (Å²) in [6.07, 6.45) is 1.86. The molecule has 1 aromatic rings. The molecule has 0 saturated heterocycles. The molecule has 0 saturated carbocycles. The van der Waals surface area contributed by atoms with E-state index in [2.05, 4.69) is 29.0 Å². The lowest BCUT2D eigenvalue weighted by Crippen LogP contribution is -2.01. The van der Waals surface area contributed by atoms with Crippen LogP contribution >= 0.6 is 0 Å². The molecular weight excluding hydrogens is 152 g/mol. The maximum atomic E-state index is 5.38. The second-order valence-electron chi connectivity index (χ2n) is 3.19. The Labute approximate surface area is 72.6 Å². The number of hydrogen-bond donors (Lipinski definition) is 2. The molecule has 0 amide bonds. The van der Waals surface area contributed by atoms with Crippen LogP contribution in [0.15, 0.2) is 0 Å². The van der Waals surface area contributed by atoms with Gasteiger partial charge in [-0.15, -0.1) is 0 Å². The lowest BCUT2D eigenvalue weighted by Gasteiger charge is -1.94. The Hall–Kier alpha value is -0.900. The van der Waals surface area contributed by atoms with E-state index >= 15 is 0 Å². The minimum absolute atomic E-state index is 0.396. The summed E-state index contributed by atoms with van der Waals surface area (Å²) < 4.78 is 0. The first-order chi connectivity index (χ1) is 5.74. The summed E-state index contributed by atoms with van der Waals surface area (Å²) in [5, 5.41) is 7.00. The number of aromatic nitrogens is 3. The first-order valence-electron chi connectivity index (χ1n) is 4.35. The number of aromatic amines is 1. The molecular formula is C8H16N4. The zero-order valence-corrected chi connectivity index (χ0v) is 7.67. The summed E-state index contributed by atoms with van der Waals surface area (Å²) in [5.41, 5.74) is 5.38. The third-order valence-electron chi connectivity index (χ3n) is 1.68. The highest BCUT2D eigenvalue weighted by atomic mass is 15.2. The normalized spacial score (nSPS) is 11.0. The van der Waals surface area contributed by atoms with Gasteiger partial charge in [0.05, 0.1) is 0 Å². The average Bonchev–Trinajstić information content (AvgIpc) is 2.48. The van der Waals surface area contributed by atoms with Crippen molar-refractivity contribution in [1.29, 1.82) is 0 Å². The van der Waals surface area contributed by atoms with Crippen LogP contribution < -0.4 is 5.73 Å². The van der Waals surface area contributed by atoms with Crippen LogP contribution in [0.5, 0.6) is 0 Å². The van der Waals surface area contributed by atoms with Gasteiger partial charge in [-0.25, -0.2) is 4.98 Å². The Balaban J connectivity index is 2.52. The Morgan fingerprint density at radius 2 is 2.25 bits per heavy atom. The molecule has 0 bridgehead atoms. The van der Waals surface area contributed by atoms with Crippen LogP contribution in [-0.2, 0) is 6.42 Å². The molecule has 0 radical (unpaired) electrons. The van der Waals surface area contributed by atoms with Crippen LogP contribution in [-0.4, -0.2) is 21.7 Å². The summed E-state index contributed by atoms with van der Waals surface area (Å²) in [4.78, 5) is 4.33. The number of rotatable bonds is 4. The molecule has 0 spiro atoms. The van der Waals surface area contributed by atoms with Gasteiger partial charge in [0.15, 0.2) is 5.82 Å². The molecule has 0 aliphatic rings. The van der Waals surface area contributed by atoms with Crippen LogP contribution in [0.3, 0.4) is 0 Å². The molecule has 12 heavy (non-hydrogen) atoms. The van der Waals surface area contributed by atoms with Crippen molar-refractivity contribution in [1.82, 2.24) is 15.2 Å². The van der Waals surface area contributed by atoms with E-state index in [1.165, 1.54) is 0 Å². The zero-order chi connectivity index (χ0) is 8.97. The van der Waals surface area contributed by atoms with Gasteiger partial charge in [0.1, 0.15) is 5.82 Å². The van der Waals surface area contributed by atoms with E-state index in [1.807, 2.05) is 0 Å². The topological polar surface area (TPSA) is 67.6 Å². The van der Waals surface area contributed by atoms with Gasteiger partial charge in [-0.05, 0) is 13.0 Å². The first kappa shape index (κ1) is 9.19. The summed E-state index contributed by atoms with van der Waals surface area (Å²) in [6, 6.07) is 0. The molecule has 1 rings (SSSR count). The second-order valence-corrected chi connectivity index (χ2v) is 3.19. The van der Waals surface area contributed by atoms with Crippen LogP contribution in [0.4, 0.5) is 0 Å². The number of nitrogens with two attached hydrogens (primary N) is 1. The molecule has 0 fully saturated rings. The summed E-state index contributed by atoms with van der Waals surface area (Å²) in [7, 11) is 0. The molecule has 0 unspecified atom stereocenters. The van der Waals surface area contributed by atoms with Gasteiger partial charge >= 0.3 is 0 Å². The fraction of sp³-hybridized carbons (Fsp3) is 0.750. The predicted molar refractivity (Wildman–Crippen MR) is 47.8 cm³/mol. The summed E-state index contributed by atoms with van der Waals surface area (Å²) in [6.45, 7) is 4.86. The van der Waals surface area contributed by atoms with Crippen molar-refractivity contribution in [3.63, 3.8) is 0 Å². The largest absolute Gasteiger partial charge is 0.330 e. The molecule has 0 aliphatic heterocycles. The van der Waals surface area contributed by atoms with E-state index in [0.29, 0.717) is 12.5 Å². The minimum atomic E-state index is 0.396. The van der Waals surface area contributed by atoms with Gasteiger partial charge < -0.3 is 5.73 Å². The average molecular weight is 168 g/mol. The highest BCUT2D eigenvalue weighted by Gasteiger charge is 2.05. The third kappa shape index (κ3) is 2.30. The first-order valence-corrected chi connectivity index (χ1v) is 4.35. The number of aryl methyl sites for hydroxylation is 1. The van der Waals surface area contributed by atoms with Crippen molar-refractivity contribution in [2.45, 2.75) is 32.6 Å². The second kappa shape index (κ2) is 4.21. The van der Waals surface area contributed by atoms with Crippen molar-refractivity contribution in [2.75, 3.05) is 6.54 Å². The number of H-pyrrole nitrogens is 1. The maximum Gasteiger partial charge on any atom is 0.153 e. The molecule has 4 nitrogen and oxygen atoms in total. The standard InChI is InChI=1S/C8H16N4/c1-6(2)8-10-7(11-12-8)4-3-5-9/h6H,3-5,9H2,1-2H3,(H,10,11,12). The number of hydrogen-bond acceptors (Lipinski definition) is 3. The Morgan fingerprint density at radius 3 is 2.75 bits per heavy atom. The van der Waals surface area contributed by atoms with Crippen LogP contribution in [0, 0.1) is 0 Å². The summed E-state index contributed by atoms with van der Waals surface area (Å²) >= 11 is 0. The van der Waals surface area contributed by atoms with Gasteiger partial charge in [-0.3, -0.25) is 5.10 Å². The van der Waals surface area contributed by atoms with E-state index in [0.717, 1.165) is 24.5 Å². The van der Waals surface area contributed by atoms with Gasteiger partial charge in [0, 0.05) is 12.3 Å². The molecule has 0 aromatic carbocycles. The molecule has 4 heteroatoms. The number of nitrogens with zero attached hydrogens (tertiary/aromatic N) is 2. The van der Waals surface area contributed by atoms with Crippen molar-refractivity contribution in [3.8, 4) is 0 Å². The van der Waals surface area contributed by atoms with Gasteiger partial charge in [0.2, 0.25) is 0 Å². The summed E-state index contributed by atoms with van der Waals surface area (Å²) in [5.74, 6) is 2.24. The van der Waals surface area contributed by atoms with Crippen molar-refractivity contribution in [2.24, 2.45) is 5.73 Å². The van der Waals surface area contributed by atoms with Crippen molar-refractivity contribution >= 4 is 0 Å². The van der Waals surface area contributed by atoms with E-state index in [1.54, 1.807) is 0 Å². The SMILES string of the molecule is CC(C)c1n[nH]c(CCCN)n1. The van der Waals surface area contributed by atoms with Crippen LogP contribution in [0.25, 0.3) is 0 Å². The van der Waals surface area contributed by atoms with Gasteiger partial charge in [0.25, 0.3) is 0 Å². The molecule has 3 N–H and O–H groups in total. The minimum Gasteiger partial charge on any atom is -0.330 e. The molecule has 0 aliphatic carbocycles. The molecule has 68 valence electrons. The number of nitrogens with one attached hydrogen (secondary N) is 1. The van der Waals surface area contributed by atoms with Crippen molar-refractivity contribution in [3.05, 3.63) is 11.6 Å². The fourth-order valence-corrected chi connectivity index (χ4v) is 0.950. The monoisotopic (exact) mass is 168 g/mol. The van der Waals surface area contributed by atoms with Gasteiger partial charge in [-0.1, -0.05) is 13.8 Å². The Morgan fingerprint density at radius 1 is 1.50 bits per heavy atom.